The van der Waals surface area contributed by atoms with Crippen LogP contribution in [0.25, 0.3) is 0 Å². The van der Waals surface area contributed by atoms with Gasteiger partial charge in [0, 0.05) is 12.6 Å². The molecule has 0 aromatic heterocycles. The highest BCUT2D eigenvalue weighted by Crippen LogP contribution is 2.09. The van der Waals surface area contributed by atoms with Crippen molar-refractivity contribution in [1.29, 1.82) is 0 Å². The van der Waals surface area contributed by atoms with E-state index in [0.29, 0.717) is 6.04 Å². The lowest BCUT2D eigenvalue weighted by molar-refractivity contribution is 0.206. The van der Waals surface area contributed by atoms with E-state index in [1.54, 1.807) is 0 Å². The monoisotopic (exact) mass is 234 g/mol. The summed E-state index contributed by atoms with van der Waals surface area (Å²) >= 11 is 0. The molecular weight excluding hydrogens is 208 g/mol. The summed E-state index contributed by atoms with van der Waals surface area (Å²) in [5, 5.41) is 0. The minimum atomic E-state index is 0.481. The first-order chi connectivity index (χ1) is 8.31. The van der Waals surface area contributed by atoms with Gasteiger partial charge in [-0.2, -0.15) is 0 Å². The number of likely N-dealkylation sites (N-methyl/N-ethyl adjacent to an activating group) is 1. The van der Waals surface area contributed by atoms with Crippen LogP contribution in [0.2, 0.25) is 0 Å². The molecule has 1 atom stereocenters. The summed E-state index contributed by atoms with van der Waals surface area (Å²) in [6.07, 6.45) is 3.58. The molecule has 1 aromatic rings. The van der Waals surface area contributed by atoms with Crippen LogP contribution in [0.3, 0.4) is 0 Å². The van der Waals surface area contributed by atoms with Gasteiger partial charge in [-0.15, -0.1) is 0 Å². The molecule has 0 aliphatic heterocycles. The summed E-state index contributed by atoms with van der Waals surface area (Å²) in [4.78, 5) is 2.51. The Hall–Kier alpha value is -0.860. The van der Waals surface area contributed by atoms with Gasteiger partial charge in [-0.05, 0) is 31.5 Å². The predicted octanol–water partition coefficient (Wildman–Crippen LogP) is 2.68. The van der Waals surface area contributed by atoms with Crippen LogP contribution in [0, 0.1) is 0 Å². The molecule has 2 N–H and O–H groups in total. The fraction of sp³-hybridized carbons (Fsp3) is 0.600. The largest absolute Gasteiger partial charge is 0.329 e. The molecule has 0 aliphatic carbocycles. The third-order valence-corrected chi connectivity index (χ3v) is 3.31. The van der Waals surface area contributed by atoms with Crippen molar-refractivity contribution in [1.82, 2.24) is 4.90 Å². The standard InChI is InChI=1S/C15H26N2/c1-3-5-11-17(4-2)15(13-16)12-14-9-7-6-8-10-14/h6-10,15H,3-5,11-13,16H2,1-2H3. The lowest BCUT2D eigenvalue weighted by Crippen LogP contribution is -2.42. The van der Waals surface area contributed by atoms with E-state index < -0.39 is 0 Å². The van der Waals surface area contributed by atoms with Crippen LogP contribution in [0.5, 0.6) is 0 Å². The zero-order valence-corrected chi connectivity index (χ0v) is 11.2. The van der Waals surface area contributed by atoms with Crippen molar-refractivity contribution in [3.63, 3.8) is 0 Å². The molecule has 17 heavy (non-hydrogen) atoms. The van der Waals surface area contributed by atoms with Gasteiger partial charge >= 0.3 is 0 Å². The number of nitrogens with zero attached hydrogens (tertiary/aromatic N) is 1. The van der Waals surface area contributed by atoms with Crippen molar-refractivity contribution >= 4 is 0 Å². The van der Waals surface area contributed by atoms with E-state index in [2.05, 4.69) is 49.1 Å². The first-order valence-corrected chi connectivity index (χ1v) is 6.79. The van der Waals surface area contributed by atoms with Crippen LogP contribution in [-0.2, 0) is 6.42 Å². The van der Waals surface area contributed by atoms with E-state index in [1.807, 2.05) is 0 Å². The number of hydrogen-bond donors (Lipinski definition) is 1. The first-order valence-electron chi connectivity index (χ1n) is 6.79. The Balaban J connectivity index is 2.56. The summed E-state index contributed by atoms with van der Waals surface area (Å²) in [6.45, 7) is 7.47. The van der Waals surface area contributed by atoms with Crippen LogP contribution in [0.15, 0.2) is 30.3 Å². The number of hydrogen-bond acceptors (Lipinski definition) is 2. The Morgan fingerprint density at radius 3 is 2.41 bits per heavy atom. The van der Waals surface area contributed by atoms with E-state index >= 15 is 0 Å². The summed E-state index contributed by atoms with van der Waals surface area (Å²) in [7, 11) is 0. The van der Waals surface area contributed by atoms with Crippen LogP contribution < -0.4 is 5.73 Å². The van der Waals surface area contributed by atoms with Crippen molar-refractivity contribution < 1.29 is 0 Å². The summed E-state index contributed by atoms with van der Waals surface area (Å²) in [5.74, 6) is 0. The number of rotatable bonds is 8. The van der Waals surface area contributed by atoms with E-state index in [9.17, 15) is 0 Å². The van der Waals surface area contributed by atoms with Gasteiger partial charge in [0.15, 0.2) is 0 Å². The van der Waals surface area contributed by atoms with Gasteiger partial charge in [0.05, 0.1) is 0 Å². The molecule has 2 nitrogen and oxygen atoms in total. The second-order valence-corrected chi connectivity index (χ2v) is 4.56. The second-order valence-electron chi connectivity index (χ2n) is 4.56. The lowest BCUT2D eigenvalue weighted by Gasteiger charge is -2.29. The van der Waals surface area contributed by atoms with Gasteiger partial charge < -0.3 is 5.73 Å². The third-order valence-electron chi connectivity index (χ3n) is 3.31. The minimum absolute atomic E-state index is 0.481. The van der Waals surface area contributed by atoms with E-state index in [4.69, 9.17) is 5.73 Å². The maximum atomic E-state index is 5.93. The average Bonchev–Trinajstić information content (AvgIpc) is 2.39. The Morgan fingerprint density at radius 2 is 1.88 bits per heavy atom. The van der Waals surface area contributed by atoms with Gasteiger partial charge in [-0.1, -0.05) is 50.6 Å². The Labute approximate surface area is 106 Å². The van der Waals surface area contributed by atoms with Crippen molar-refractivity contribution in [2.24, 2.45) is 5.73 Å². The summed E-state index contributed by atoms with van der Waals surface area (Å²) < 4.78 is 0. The van der Waals surface area contributed by atoms with E-state index in [1.165, 1.54) is 24.9 Å². The molecule has 0 spiro atoms. The molecular formula is C15H26N2. The van der Waals surface area contributed by atoms with Gasteiger partial charge in [-0.25, -0.2) is 0 Å². The molecule has 0 amide bonds. The molecule has 0 saturated heterocycles. The van der Waals surface area contributed by atoms with Gasteiger partial charge in [0.25, 0.3) is 0 Å². The molecule has 0 radical (unpaired) electrons. The molecule has 1 rings (SSSR count). The van der Waals surface area contributed by atoms with Crippen LogP contribution in [0.4, 0.5) is 0 Å². The quantitative estimate of drug-likeness (QED) is 0.749. The molecule has 2 heteroatoms. The zero-order chi connectivity index (χ0) is 12.5. The Kier molecular flexibility index (Phi) is 6.90. The average molecular weight is 234 g/mol. The SMILES string of the molecule is CCCCN(CC)C(CN)Cc1ccccc1. The molecule has 0 heterocycles. The molecule has 96 valence electrons. The van der Waals surface area contributed by atoms with Crippen molar-refractivity contribution in [2.75, 3.05) is 19.6 Å². The molecule has 0 aliphatic rings. The van der Waals surface area contributed by atoms with Gasteiger partial charge in [0.2, 0.25) is 0 Å². The highest BCUT2D eigenvalue weighted by molar-refractivity contribution is 5.16. The number of benzene rings is 1. The fourth-order valence-corrected chi connectivity index (χ4v) is 2.21. The fourth-order valence-electron chi connectivity index (χ4n) is 2.21. The highest BCUT2D eigenvalue weighted by atomic mass is 15.2. The second kappa shape index (κ2) is 8.26. The molecule has 0 bridgehead atoms. The molecule has 1 unspecified atom stereocenters. The maximum absolute atomic E-state index is 5.93. The number of nitrogens with two attached hydrogens (primary N) is 1. The van der Waals surface area contributed by atoms with E-state index in [-0.39, 0.29) is 0 Å². The predicted molar refractivity (Wildman–Crippen MR) is 75.1 cm³/mol. The van der Waals surface area contributed by atoms with Gasteiger partial charge in [-0.3, -0.25) is 4.90 Å². The minimum Gasteiger partial charge on any atom is -0.329 e. The van der Waals surface area contributed by atoms with Crippen molar-refractivity contribution in [2.45, 2.75) is 39.2 Å². The van der Waals surface area contributed by atoms with Crippen molar-refractivity contribution in [3.05, 3.63) is 35.9 Å². The van der Waals surface area contributed by atoms with Crippen LogP contribution >= 0.6 is 0 Å². The molecule has 0 fully saturated rings. The van der Waals surface area contributed by atoms with Crippen LogP contribution in [-0.4, -0.2) is 30.6 Å². The maximum Gasteiger partial charge on any atom is 0.0258 e. The summed E-state index contributed by atoms with van der Waals surface area (Å²) in [6, 6.07) is 11.1. The lowest BCUT2D eigenvalue weighted by atomic mass is 10.0. The van der Waals surface area contributed by atoms with E-state index in [0.717, 1.165) is 19.5 Å². The summed E-state index contributed by atoms with van der Waals surface area (Å²) in [5.41, 5.74) is 7.31. The van der Waals surface area contributed by atoms with Gasteiger partial charge in [0.1, 0.15) is 0 Å². The van der Waals surface area contributed by atoms with Crippen LogP contribution in [0.1, 0.15) is 32.3 Å². The smallest absolute Gasteiger partial charge is 0.0258 e. The third kappa shape index (κ3) is 4.88. The Morgan fingerprint density at radius 1 is 1.18 bits per heavy atom. The highest BCUT2D eigenvalue weighted by Gasteiger charge is 2.15. The normalized spacial score (nSPS) is 12.9. The zero-order valence-electron chi connectivity index (χ0n) is 11.2. The van der Waals surface area contributed by atoms with Crippen molar-refractivity contribution in [3.8, 4) is 0 Å². The topological polar surface area (TPSA) is 29.3 Å². The Bertz CT molecular complexity index is 284. The molecule has 1 aromatic carbocycles. The molecule has 0 saturated carbocycles. The number of unbranched alkanes of at least 4 members (excludes halogenated alkanes) is 1. The first kappa shape index (κ1) is 14.2.